The third kappa shape index (κ3) is 15.5. The molecule has 200 valence electrons. The zero-order valence-electron chi connectivity index (χ0n) is 21.4. The number of likely N-dealkylation sites (N-methyl/N-ethyl adjacent to an activating group) is 1. The van der Waals surface area contributed by atoms with Crippen LogP contribution in [0, 0.1) is 0 Å². The number of hydrogen-bond donors (Lipinski definition) is 5. The molecule has 0 aliphatic carbocycles. The van der Waals surface area contributed by atoms with E-state index >= 15 is 0 Å². The first-order valence-electron chi connectivity index (χ1n) is 12.7. The number of rotatable bonds is 23. The summed E-state index contributed by atoms with van der Waals surface area (Å²) in [6, 6.07) is 0.849. The van der Waals surface area contributed by atoms with Crippen LogP contribution >= 0.6 is 0 Å². The standard InChI is InChI=1S/C23H48N6O5/c1-4-21-18-29(28-27-21)11-13-33-15-17-34-16-14-32-12-10-25-23(31)9-7-5-6-8-22(24-3)20(2)26-19-30/h19-22,24,27-28H,4-18H2,1-3H3,(H,25,31)(H,26,30). The molecule has 11 heteroatoms. The molecule has 0 bridgehead atoms. The fourth-order valence-corrected chi connectivity index (χ4v) is 3.68. The Morgan fingerprint density at radius 2 is 1.79 bits per heavy atom. The van der Waals surface area contributed by atoms with E-state index in [0.29, 0.717) is 58.6 Å². The van der Waals surface area contributed by atoms with Crippen LogP contribution in [0.4, 0.5) is 0 Å². The minimum absolute atomic E-state index is 0.0586. The lowest BCUT2D eigenvalue weighted by Gasteiger charge is -2.22. The molecule has 3 atom stereocenters. The van der Waals surface area contributed by atoms with E-state index in [1.54, 1.807) is 0 Å². The van der Waals surface area contributed by atoms with Gasteiger partial charge in [-0.3, -0.25) is 9.59 Å². The summed E-state index contributed by atoms with van der Waals surface area (Å²) < 4.78 is 16.6. The van der Waals surface area contributed by atoms with Crippen LogP contribution in [-0.2, 0) is 23.8 Å². The molecule has 1 rings (SSSR count). The Morgan fingerprint density at radius 3 is 2.44 bits per heavy atom. The van der Waals surface area contributed by atoms with E-state index in [0.717, 1.165) is 51.6 Å². The van der Waals surface area contributed by atoms with Gasteiger partial charge in [-0.2, -0.15) is 5.53 Å². The molecule has 1 heterocycles. The van der Waals surface area contributed by atoms with E-state index in [2.05, 4.69) is 38.8 Å². The molecular weight excluding hydrogens is 440 g/mol. The van der Waals surface area contributed by atoms with Crippen molar-refractivity contribution < 1.29 is 23.8 Å². The Labute approximate surface area is 205 Å². The monoisotopic (exact) mass is 488 g/mol. The zero-order chi connectivity index (χ0) is 24.9. The second-order valence-electron chi connectivity index (χ2n) is 8.56. The van der Waals surface area contributed by atoms with Gasteiger partial charge in [0.15, 0.2) is 0 Å². The molecule has 0 spiro atoms. The summed E-state index contributed by atoms with van der Waals surface area (Å²) in [5.74, 6) is 0.0586. The third-order valence-electron chi connectivity index (χ3n) is 5.90. The molecule has 1 aliphatic rings. The number of hydrogen-bond acceptors (Lipinski definition) is 9. The van der Waals surface area contributed by atoms with Gasteiger partial charge < -0.3 is 30.2 Å². The summed E-state index contributed by atoms with van der Waals surface area (Å²) in [6.45, 7) is 9.78. The third-order valence-corrected chi connectivity index (χ3v) is 5.90. The summed E-state index contributed by atoms with van der Waals surface area (Å²) in [5, 5.41) is 11.0. The Morgan fingerprint density at radius 1 is 1.09 bits per heavy atom. The molecule has 1 saturated heterocycles. The molecule has 0 aromatic rings. The van der Waals surface area contributed by atoms with E-state index in [-0.39, 0.29) is 18.0 Å². The molecule has 0 aromatic heterocycles. The minimum atomic E-state index is 0.0586. The molecule has 2 amide bonds. The second-order valence-corrected chi connectivity index (χ2v) is 8.56. The van der Waals surface area contributed by atoms with Crippen LogP contribution in [-0.4, -0.2) is 102 Å². The van der Waals surface area contributed by atoms with Gasteiger partial charge in [-0.05, 0) is 33.2 Å². The summed E-state index contributed by atoms with van der Waals surface area (Å²) in [5.41, 5.74) is 6.37. The molecule has 0 saturated carbocycles. The summed E-state index contributed by atoms with van der Waals surface area (Å²) in [6.07, 6.45) is 6.20. The number of nitrogens with zero attached hydrogens (tertiary/aromatic N) is 1. The zero-order valence-corrected chi connectivity index (χ0v) is 21.4. The van der Waals surface area contributed by atoms with Crippen LogP contribution in [0.15, 0.2) is 0 Å². The summed E-state index contributed by atoms with van der Waals surface area (Å²) in [4.78, 5) is 22.4. The van der Waals surface area contributed by atoms with Crippen molar-refractivity contribution in [2.24, 2.45) is 0 Å². The highest BCUT2D eigenvalue weighted by atomic mass is 16.5. The molecule has 11 nitrogen and oxygen atoms in total. The predicted molar refractivity (Wildman–Crippen MR) is 132 cm³/mol. The van der Waals surface area contributed by atoms with Gasteiger partial charge >= 0.3 is 0 Å². The van der Waals surface area contributed by atoms with E-state index < -0.39 is 0 Å². The highest BCUT2D eigenvalue weighted by Crippen LogP contribution is 2.08. The fourth-order valence-electron chi connectivity index (χ4n) is 3.68. The SMILES string of the molecule is CCC1CN(CCOCCOCCOCCNC(=O)CCCCCC(NC)C(C)NC=O)NN1. The van der Waals surface area contributed by atoms with Crippen molar-refractivity contribution in [2.75, 3.05) is 66.3 Å². The van der Waals surface area contributed by atoms with Crippen molar-refractivity contribution in [3.63, 3.8) is 0 Å². The van der Waals surface area contributed by atoms with Gasteiger partial charge in [-0.1, -0.05) is 19.8 Å². The highest BCUT2D eigenvalue weighted by molar-refractivity contribution is 5.75. The maximum absolute atomic E-state index is 11.9. The van der Waals surface area contributed by atoms with Crippen LogP contribution in [0.5, 0.6) is 0 Å². The number of carbonyl (C=O) groups is 2. The largest absolute Gasteiger partial charge is 0.378 e. The molecule has 5 N–H and O–H groups in total. The summed E-state index contributed by atoms with van der Waals surface area (Å²) >= 11 is 0. The van der Waals surface area contributed by atoms with Crippen LogP contribution in [0.25, 0.3) is 0 Å². The van der Waals surface area contributed by atoms with Gasteiger partial charge in [0.25, 0.3) is 0 Å². The molecule has 0 radical (unpaired) electrons. The molecule has 1 aliphatic heterocycles. The van der Waals surface area contributed by atoms with Crippen LogP contribution in [0.1, 0.15) is 52.4 Å². The van der Waals surface area contributed by atoms with Gasteiger partial charge in [0.05, 0.1) is 39.6 Å². The van der Waals surface area contributed by atoms with Gasteiger partial charge in [-0.15, -0.1) is 0 Å². The van der Waals surface area contributed by atoms with Gasteiger partial charge in [0, 0.05) is 44.2 Å². The predicted octanol–water partition coefficient (Wildman–Crippen LogP) is -0.0712. The number of ether oxygens (including phenoxy) is 3. The van der Waals surface area contributed by atoms with Gasteiger partial charge in [0.2, 0.25) is 12.3 Å². The van der Waals surface area contributed by atoms with Crippen molar-refractivity contribution in [2.45, 2.75) is 70.5 Å². The molecule has 0 aromatic carbocycles. The number of hydrazine groups is 2. The van der Waals surface area contributed by atoms with E-state index in [9.17, 15) is 9.59 Å². The Bertz CT molecular complexity index is 516. The average Bonchev–Trinajstić information content (AvgIpc) is 3.30. The van der Waals surface area contributed by atoms with Crippen LogP contribution in [0.3, 0.4) is 0 Å². The molecular formula is C23H48N6O5. The number of carbonyl (C=O) groups excluding carboxylic acids is 2. The lowest BCUT2D eigenvalue weighted by Crippen LogP contribution is -2.44. The lowest BCUT2D eigenvalue weighted by molar-refractivity contribution is -0.121. The van der Waals surface area contributed by atoms with E-state index in [1.165, 1.54) is 0 Å². The normalized spacial score (nSPS) is 18.0. The minimum Gasteiger partial charge on any atom is -0.378 e. The lowest BCUT2D eigenvalue weighted by atomic mass is 10.0. The maximum Gasteiger partial charge on any atom is 0.220 e. The smallest absolute Gasteiger partial charge is 0.220 e. The first kappa shape index (κ1) is 30.7. The maximum atomic E-state index is 11.9. The van der Waals surface area contributed by atoms with Crippen molar-refractivity contribution in [1.82, 2.24) is 31.9 Å². The van der Waals surface area contributed by atoms with Crippen molar-refractivity contribution >= 4 is 12.3 Å². The Kier molecular flexibility index (Phi) is 18.9. The fraction of sp³-hybridized carbons (Fsp3) is 0.913. The Hall–Kier alpha value is -1.34. The van der Waals surface area contributed by atoms with Crippen LogP contribution in [0.2, 0.25) is 0 Å². The van der Waals surface area contributed by atoms with E-state index in [4.69, 9.17) is 14.2 Å². The van der Waals surface area contributed by atoms with Gasteiger partial charge in [0.1, 0.15) is 0 Å². The number of nitrogens with one attached hydrogen (secondary N) is 5. The van der Waals surface area contributed by atoms with Crippen molar-refractivity contribution in [3.8, 4) is 0 Å². The topological polar surface area (TPSA) is 125 Å². The van der Waals surface area contributed by atoms with Crippen LogP contribution < -0.4 is 26.9 Å². The molecule has 34 heavy (non-hydrogen) atoms. The average molecular weight is 489 g/mol. The second kappa shape index (κ2) is 21.0. The van der Waals surface area contributed by atoms with Gasteiger partial charge in [-0.25, -0.2) is 10.4 Å². The quantitative estimate of drug-likeness (QED) is 0.0993. The van der Waals surface area contributed by atoms with Crippen molar-refractivity contribution in [1.29, 1.82) is 0 Å². The molecule has 1 fully saturated rings. The first-order valence-corrected chi connectivity index (χ1v) is 12.7. The number of amides is 2. The Balaban J connectivity index is 1.81. The first-order chi connectivity index (χ1) is 16.6. The number of unbranched alkanes of at least 4 members (excludes halogenated alkanes) is 2. The van der Waals surface area contributed by atoms with E-state index in [1.807, 2.05) is 14.0 Å². The van der Waals surface area contributed by atoms with Crippen molar-refractivity contribution in [3.05, 3.63) is 0 Å². The highest BCUT2D eigenvalue weighted by Gasteiger charge is 2.18. The molecule has 3 unspecified atom stereocenters. The summed E-state index contributed by atoms with van der Waals surface area (Å²) in [7, 11) is 1.90.